The molecule has 4 heavy (non-hydrogen) atoms. The second-order valence-corrected chi connectivity index (χ2v) is 0.204. The fourth-order valence-electron chi connectivity index (χ4n) is 0. The molecule has 18 valence electrons. The minimum atomic E-state index is -0.750. The van der Waals surface area contributed by atoms with E-state index in [4.69, 9.17) is 8.42 Å². The Balaban J connectivity index is 0. The minimum absolute atomic E-state index is 0. The van der Waals surface area contributed by atoms with Crippen LogP contribution in [-0.2, 0) is 11.6 Å². The summed E-state index contributed by atoms with van der Waals surface area (Å²) in [6.07, 6.45) is 0. The molecule has 0 aliphatic rings. The molecular formula is NaO2S+. The van der Waals surface area contributed by atoms with Crippen LogP contribution < -0.4 is 29.6 Å². The van der Waals surface area contributed by atoms with Crippen molar-refractivity contribution in [2.45, 2.75) is 0 Å². The summed E-state index contributed by atoms with van der Waals surface area (Å²) >= 11 is -0.750. The van der Waals surface area contributed by atoms with E-state index in [1.807, 2.05) is 0 Å². The first kappa shape index (κ1) is 8.84. The molecule has 0 aliphatic heterocycles. The molecule has 0 fully saturated rings. The molecule has 0 atom stereocenters. The Morgan fingerprint density at radius 2 is 1.25 bits per heavy atom. The number of hydrogen-bond donors (Lipinski definition) is 0. The van der Waals surface area contributed by atoms with Crippen LogP contribution in [-0.4, -0.2) is 8.42 Å². The van der Waals surface area contributed by atoms with E-state index < -0.39 is 11.6 Å². The van der Waals surface area contributed by atoms with Gasteiger partial charge in [-0.25, -0.2) is 0 Å². The third-order valence-corrected chi connectivity index (χ3v) is 0. The Labute approximate surface area is 49.5 Å². The molecular weight excluding hydrogens is 87.1 g/mol. The van der Waals surface area contributed by atoms with Gasteiger partial charge in [0.15, 0.2) is 0 Å². The molecule has 0 aliphatic carbocycles. The molecule has 0 bridgehead atoms. The van der Waals surface area contributed by atoms with Gasteiger partial charge in [-0.3, -0.25) is 0 Å². The summed E-state index contributed by atoms with van der Waals surface area (Å²) in [7, 11) is 0. The largest absolute Gasteiger partial charge is 1.00 e. The first-order valence-electron chi connectivity index (χ1n) is 0.333. The van der Waals surface area contributed by atoms with Gasteiger partial charge in [0.1, 0.15) is 0 Å². The summed E-state index contributed by atoms with van der Waals surface area (Å²) < 4.78 is 16.6. The Morgan fingerprint density at radius 1 is 1.25 bits per heavy atom. The van der Waals surface area contributed by atoms with Gasteiger partial charge >= 0.3 is 41.1 Å². The summed E-state index contributed by atoms with van der Waals surface area (Å²) in [6.45, 7) is 0. The summed E-state index contributed by atoms with van der Waals surface area (Å²) in [5, 5.41) is 0. The fourth-order valence-corrected chi connectivity index (χ4v) is 0. The standard InChI is InChI=1S/Na.O2S/c;1-3-2/q+1;. The van der Waals surface area contributed by atoms with Crippen molar-refractivity contribution in [2.75, 3.05) is 0 Å². The topological polar surface area (TPSA) is 34.1 Å². The van der Waals surface area contributed by atoms with Crippen molar-refractivity contribution in [2.24, 2.45) is 0 Å². The molecule has 0 unspecified atom stereocenters. The van der Waals surface area contributed by atoms with Crippen LogP contribution in [0.25, 0.3) is 0 Å². The van der Waals surface area contributed by atoms with Crippen LogP contribution in [0.1, 0.15) is 0 Å². The maximum atomic E-state index is 8.29. The summed E-state index contributed by atoms with van der Waals surface area (Å²) in [6, 6.07) is 0. The smallest absolute Gasteiger partial charge is 0.168 e. The fraction of sp³-hybridized carbons (Fsp3) is 0. The monoisotopic (exact) mass is 87.0 g/mol. The van der Waals surface area contributed by atoms with Crippen molar-refractivity contribution in [3.63, 3.8) is 0 Å². The molecule has 0 spiro atoms. The Morgan fingerprint density at radius 3 is 1.25 bits per heavy atom. The predicted molar refractivity (Wildman–Crippen MR) is 8.92 cm³/mol. The molecule has 0 N–H and O–H groups in total. The van der Waals surface area contributed by atoms with Gasteiger partial charge in [-0.15, -0.1) is 0 Å². The zero-order valence-electron chi connectivity index (χ0n) is 2.22. The second-order valence-electron chi connectivity index (χ2n) is 0.0680. The maximum Gasteiger partial charge on any atom is 1.00 e. The van der Waals surface area contributed by atoms with Crippen molar-refractivity contribution in [3.8, 4) is 0 Å². The first-order chi connectivity index (χ1) is 1.41. The van der Waals surface area contributed by atoms with E-state index in [2.05, 4.69) is 0 Å². The van der Waals surface area contributed by atoms with Gasteiger partial charge in [-0.05, 0) is 0 Å². The van der Waals surface area contributed by atoms with Gasteiger partial charge < -0.3 is 0 Å². The predicted octanol–water partition coefficient (Wildman–Crippen LogP) is -3.67. The van der Waals surface area contributed by atoms with Crippen molar-refractivity contribution >= 4 is 11.6 Å². The van der Waals surface area contributed by atoms with Crippen LogP contribution in [0.15, 0.2) is 0 Å². The van der Waals surface area contributed by atoms with Gasteiger partial charge in [-0.2, -0.15) is 8.42 Å². The third kappa shape index (κ3) is 13.9. The second kappa shape index (κ2) is 9.17. The average Bonchev–Trinajstić information content (AvgIpc) is 0.918. The van der Waals surface area contributed by atoms with Crippen molar-refractivity contribution < 1.29 is 38.0 Å². The molecule has 2 nitrogen and oxygen atoms in total. The molecule has 0 rings (SSSR count). The molecule has 4 heteroatoms. The maximum absolute atomic E-state index is 8.29. The molecule has 0 aromatic heterocycles. The van der Waals surface area contributed by atoms with Gasteiger partial charge in [-0.1, -0.05) is 0 Å². The van der Waals surface area contributed by atoms with Crippen molar-refractivity contribution in [1.29, 1.82) is 0 Å². The van der Waals surface area contributed by atoms with E-state index in [0.717, 1.165) is 0 Å². The molecule has 0 radical (unpaired) electrons. The Kier molecular flexibility index (Phi) is 20.3. The first-order valence-corrected chi connectivity index (χ1v) is 1.00. The summed E-state index contributed by atoms with van der Waals surface area (Å²) in [5.41, 5.74) is 0. The van der Waals surface area contributed by atoms with Gasteiger partial charge in [0, 0.05) is 0 Å². The Bertz CT molecular complexity index is 27.0. The SMILES string of the molecule is O=S=O.[Na+]. The molecule has 0 heterocycles. The summed E-state index contributed by atoms with van der Waals surface area (Å²) in [5.74, 6) is 0. The van der Waals surface area contributed by atoms with Gasteiger partial charge in [0.2, 0.25) is 0 Å². The van der Waals surface area contributed by atoms with E-state index in [9.17, 15) is 0 Å². The van der Waals surface area contributed by atoms with E-state index in [1.165, 1.54) is 0 Å². The van der Waals surface area contributed by atoms with Crippen LogP contribution >= 0.6 is 0 Å². The van der Waals surface area contributed by atoms with Gasteiger partial charge in [0.25, 0.3) is 0 Å². The van der Waals surface area contributed by atoms with Crippen LogP contribution in [0.4, 0.5) is 0 Å². The van der Waals surface area contributed by atoms with Crippen molar-refractivity contribution in [1.82, 2.24) is 0 Å². The molecule has 0 aromatic carbocycles. The van der Waals surface area contributed by atoms with Crippen LogP contribution in [0.5, 0.6) is 0 Å². The van der Waals surface area contributed by atoms with Gasteiger partial charge in [0.05, 0.1) is 0 Å². The molecule has 0 saturated carbocycles. The zero-order valence-corrected chi connectivity index (χ0v) is 5.04. The van der Waals surface area contributed by atoms with E-state index >= 15 is 0 Å². The van der Waals surface area contributed by atoms with E-state index in [0.29, 0.717) is 0 Å². The molecule has 0 aromatic rings. The van der Waals surface area contributed by atoms with E-state index in [-0.39, 0.29) is 29.6 Å². The normalized spacial score (nSPS) is 3.00. The molecule has 0 amide bonds. The molecule has 0 saturated heterocycles. The van der Waals surface area contributed by atoms with Crippen LogP contribution in [0, 0.1) is 0 Å². The van der Waals surface area contributed by atoms with Crippen LogP contribution in [0.3, 0.4) is 0 Å². The number of rotatable bonds is 0. The summed E-state index contributed by atoms with van der Waals surface area (Å²) in [4.78, 5) is 0. The van der Waals surface area contributed by atoms with E-state index in [1.54, 1.807) is 0 Å². The van der Waals surface area contributed by atoms with Crippen molar-refractivity contribution in [3.05, 3.63) is 0 Å². The quantitative estimate of drug-likeness (QED) is 0.285. The minimum Gasteiger partial charge on any atom is -0.168 e. The Hall–Kier alpha value is 0.820. The third-order valence-electron chi connectivity index (χ3n) is 0. The zero-order chi connectivity index (χ0) is 2.71. The van der Waals surface area contributed by atoms with Crippen LogP contribution in [0.2, 0.25) is 0 Å². The average molecular weight is 87.1 g/mol. The number of hydrogen-bond acceptors (Lipinski definition) is 2.